The first-order valence-electron chi connectivity index (χ1n) is 15.3. The van der Waals surface area contributed by atoms with E-state index >= 15 is 0 Å². The van der Waals surface area contributed by atoms with E-state index in [1.807, 2.05) is 0 Å². The van der Waals surface area contributed by atoms with Crippen molar-refractivity contribution in [1.29, 1.82) is 0 Å². The minimum atomic E-state index is -0.166. The number of halogens is 1. The molecule has 0 radical (unpaired) electrons. The van der Waals surface area contributed by atoms with Gasteiger partial charge in [0, 0.05) is 17.8 Å². The minimum absolute atomic E-state index is 0.00480. The molecule has 0 bridgehead atoms. The van der Waals surface area contributed by atoms with Crippen molar-refractivity contribution in [2.24, 2.45) is 56.7 Å². The Morgan fingerprint density at radius 3 is 2.18 bits per heavy atom. The highest BCUT2D eigenvalue weighted by molar-refractivity contribution is 14.1. The summed E-state index contributed by atoms with van der Waals surface area (Å²) in [5.41, 5.74) is 2.29. The summed E-state index contributed by atoms with van der Waals surface area (Å²) in [6.45, 7) is 21.5. The van der Waals surface area contributed by atoms with Gasteiger partial charge in [-0.25, -0.2) is 4.79 Å². The third-order valence-corrected chi connectivity index (χ3v) is 14.2. The Morgan fingerprint density at radius 2 is 1.55 bits per heavy atom. The van der Waals surface area contributed by atoms with Crippen LogP contribution in [0.3, 0.4) is 0 Å². The lowest BCUT2D eigenvalue weighted by Crippen LogP contribution is -2.67. The van der Waals surface area contributed by atoms with E-state index in [0.717, 1.165) is 12.8 Å². The van der Waals surface area contributed by atoms with E-state index in [1.54, 1.807) is 29.5 Å². The molecule has 10 atom stereocenters. The smallest absolute Gasteiger partial charge is 0.367 e. The Labute approximate surface area is 245 Å². The van der Waals surface area contributed by atoms with Crippen LogP contribution in [-0.2, 0) is 14.3 Å². The van der Waals surface area contributed by atoms with Crippen LogP contribution in [0.25, 0.3) is 0 Å². The predicted molar refractivity (Wildman–Crippen MR) is 160 cm³/mol. The molecule has 0 N–H and O–H groups in total. The van der Waals surface area contributed by atoms with Crippen LogP contribution >= 0.6 is 22.6 Å². The van der Waals surface area contributed by atoms with Crippen molar-refractivity contribution in [3.63, 3.8) is 0 Å². The largest absolute Gasteiger partial charge is 0.465 e. The standard InChI is InChI=1S/C33H51IO4/c1-20(2)22-11-16-33(19-37-21(3)35)18-17-31(7)23(27(22)33)9-10-25-30(6)14-13-26(38-28(34)36)29(4,5)24(30)12-15-32(25,31)8/h22-27H,1,9-19H2,2-8H3/t22?,23?,24?,25?,26?,27?,30-,31+,32+,33?/m0/s1. The molecule has 0 spiro atoms. The Kier molecular flexibility index (Phi) is 7.21. The van der Waals surface area contributed by atoms with Crippen molar-refractivity contribution in [2.75, 3.05) is 6.61 Å². The predicted octanol–water partition coefficient (Wildman–Crippen LogP) is 9.15. The number of hydrogen-bond donors (Lipinski definition) is 0. The maximum atomic E-state index is 11.9. The normalized spacial score (nSPS) is 49.1. The van der Waals surface area contributed by atoms with Gasteiger partial charge in [-0.05, 0) is 117 Å². The molecule has 5 aliphatic carbocycles. The Morgan fingerprint density at radius 1 is 0.842 bits per heavy atom. The summed E-state index contributed by atoms with van der Waals surface area (Å²) in [4.78, 5) is 23.8. The van der Waals surface area contributed by atoms with Gasteiger partial charge in [-0.3, -0.25) is 4.79 Å². The van der Waals surface area contributed by atoms with Crippen LogP contribution in [-0.4, -0.2) is 22.7 Å². The molecule has 4 nitrogen and oxygen atoms in total. The fourth-order valence-electron chi connectivity index (χ4n) is 12.1. The lowest BCUT2D eigenvalue weighted by molar-refractivity contribution is -0.249. The van der Waals surface area contributed by atoms with Gasteiger partial charge >= 0.3 is 9.95 Å². The first-order valence-corrected chi connectivity index (χ1v) is 16.4. The molecule has 5 aliphatic rings. The maximum Gasteiger partial charge on any atom is 0.367 e. The molecule has 0 aliphatic heterocycles. The Bertz CT molecular complexity index is 1000. The van der Waals surface area contributed by atoms with E-state index in [9.17, 15) is 9.59 Å². The summed E-state index contributed by atoms with van der Waals surface area (Å²) in [6.07, 6.45) is 12.0. The molecule has 0 aromatic carbocycles. The second kappa shape index (κ2) is 9.48. The number of esters is 1. The van der Waals surface area contributed by atoms with Crippen LogP contribution in [0.1, 0.15) is 113 Å². The molecule has 214 valence electrons. The SMILES string of the molecule is C=C(C)C1CCC2(COC(C)=O)CC[C@]3(C)C(CCC4[C@@]5(C)CCC(OC(=O)I)C(C)(C)C5CC[C@]43C)C12. The number of carbonyl (C=O) groups excluding carboxylic acids is 2. The monoisotopic (exact) mass is 638 g/mol. The van der Waals surface area contributed by atoms with E-state index in [4.69, 9.17) is 9.47 Å². The van der Waals surface area contributed by atoms with E-state index < -0.39 is 0 Å². The number of rotatable bonds is 4. The van der Waals surface area contributed by atoms with Crippen LogP contribution in [0.4, 0.5) is 4.79 Å². The third-order valence-electron chi connectivity index (χ3n) is 14.0. The van der Waals surface area contributed by atoms with Gasteiger partial charge in [0.15, 0.2) is 0 Å². The summed E-state index contributed by atoms with van der Waals surface area (Å²) in [7, 11) is 0. The van der Waals surface area contributed by atoms with Crippen LogP contribution in [0.2, 0.25) is 0 Å². The van der Waals surface area contributed by atoms with E-state index in [-0.39, 0.29) is 37.7 Å². The number of ether oxygens (including phenoxy) is 2. The Hall–Kier alpha value is -0.590. The zero-order valence-corrected chi connectivity index (χ0v) is 27.1. The van der Waals surface area contributed by atoms with Gasteiger partial charge in [-0.15, -0.1) is 0 Å². The molecule has 38 heavy (non-hydrogen) atoms. The fourth-order valence-corrected chi connectivity index (χ4v) is 12.4. The highest BCUT2D eigenvalue weighted by atomic mass is 127. The summed E-state index contributed by atoms with van der Waals surface area (Å²) in [6, 6.07) is 0. The molecule has 0 amide bonds. The fraction of sp³-hybridized carbons (Fsp3) is 0.879. The lowest BCUT2D eigenvalue weighted by atomic mass is 9.32. The molecule has 5 heteroatoms. The van der Waals surface area contributed by atoms with Gasteiger partial charge in [0.05, 0.1) is 29.2 Å². The zero-order valence-electron chi connectivity index (χ0n) is 25.0. The highest BCUT2D eigenvalue weighted by Gasteiger charge is 2.71. The second-order valence-corrected chi connectivity index (χ2v) is 16.4. The van der Waals surface area contributed by atoms with E-state index in [1.165, 1.54) is 56.9 Å². The first-order chi connectivity index (χ1) is 17.6. The van der Waals surface area contributed by atoms with E-state index in [0.29, 0.717) is 41.6 Å². The van der Waals surface area contributed by atoms with Gasteiger partial charge in [0.25, 0.3) is 0 Å². The quantitative estimate of drug-likeness (QED) is 0.133. The molecule has 0 aromatic heterocycles. The number of fused-ring (bicyclic) bond motifs is 7. The second-order valence-electron chi connectivity index (χ2n) is 15.5. The van der Waals surface area contributed by atoms with Gasteiger partial charge < -0.3 is 9.47 Å². The summed E-state index contributed by atoms with van der Waals surface area (Å²) in [5, 5.41) is 0. The molecule has 5 rings (SSSR count). The van der Waals surface area contributed by atoms with Crippen molar-refractivity contribution in [3.8, 4) is 0 Å². The molecule has 0 heterocycles. The summed E-state index contributed by atoms with van der Waals surface area (Å²) >= 11 is 1.80. The van der Waals surface area contributed by atoms with Crippen molar-refractivity contribution < 1.29 is 19.1 Å². The van der Waals surface area contributed by atoms with Gasteiger partial charge in [0.1, 0.15) is 6.10 Å². The van der Waals surface area contributed by atoms with Crippen LogP contribution in [0.15, 0.2) is 12.2 Å². The van der Waals surface area contributed by atoms with Gasteiger partial charge in [-0.1, -0.05) is 46.8 Å². The minimum Gasteiger partial charge on any atom is -0.465 e. The molecule has 5 saturated carbocycles. The molecule has 0 saturated heterocycles. The van der Waals surface area contributed by atoms with E-state index in [2.05, 4.69) is 48.1 Å². The van der Waals surface area contributed by atoms with Crippen LogP contribution in [0, 0.1) is 56.7 Å². The first kappa shape index (κ1) is 28.9. The average molecular weight is 639 g/mol. The summed E-state index contributed by atoms with van der Waals surface area (Å²) < 4.78 is 11.5. The zero-order chi connectivity index (χ0) is 27.9. The number of hydrogen-bond acceptors (Lipinski definition) is 4. The molecule has 0 aromatic rings. The van der Waals surface area contributed by atoms with Gasteiger partial charge in [-0.2, -0.15) is 0 Å². The van der Waals surface area contributed by atoms with Crippen LogP contribution in [0.5, 0.6) is 0 Å². The Balaban J connectivity index is 1.49. The van der Waals surface area contributed by atoms with Crippen LogP contribution < -0.4 is 0 Å². The topological polar surface area (TPSA) is 52.6 Å². The molecular formula is C33H51IO4. The molecular weight excluding hydrogens is 587 g/mol. The number of allylic oxidation sites excluding steroid dienone is 1. The summed E-state index contributed by atoms with van der Waals surface area (Å²) in [5.74, 6) is 2.89. The van der Waals surface area contributed by atoms with Crippen molar-refractivity contribution in [3.05, 3.63) is 12.2 Å². The average Bonchev–Trinajstić information content (AvgIpc) is 3.20. The third kappa shape index (κ3) is 4.00. The maximum absolute atomic E-state index is 11.9. The molecule has 7 unspecified atom stereocenters. The lowest BCUT2D eigenvalue weighted by Gasteiger charge is -2.73. The van der Waals surface area contributed by atoms with Crippen molar-refractivity contribution >= 4 is 32.5 Å². The molecule has 5 fully saturated rings. The van der Waals surface area contributed by atoms with Crippen molar-refractivity contribution in [2.45, 2.75) is 119 Å². The van der Waals surface area contributed by atoms with Gasteiger partial charge in [0.2, 0.25) is 0 Å². The number of carbonyl (C=O) groups is 2. The highest BCUT2D eigenvalue weighted by Crippen LogP contribution is 2.77. The van der Waals surface area contributed by atoms with Crippen molar-refractivity contribution in [1.82, 2.24) is 0 Å².